The second kappa shape index (κ2) is 6.63. The molecule has 1 aromatic heterocycles. The summed E-state index contributed by atoms with van der Waals surface area (Å²) in [7, 11) is -3.23. The summed E-state index contributed by atoms with van der Waals surface area (Å²) >= 11 is 3.37. The first-order valence-corrected chi connectivity index (χ1v) is 8.55. The maximum absolute atomic E-state index is 11.8. The Balaban J connectivity index is 2.46. The largest absolute Gasteiger partial charge is 0.261 e. The van der Waals surface area contributed by atoms with Gasteiger partial charge in [-0.1, -0.05) is 35.8 Å². The summed E-state index contributed by atoms with van der Waals surface area (Å²) in [5, 5.41) is 0.753. The topological polar surface area (TPSA) is 59.1 Å². The van der Waals surface area contributed by atoms with Gasteiger partial charge in [0.1, 0.15) is 0 Å². The van der Waals surface area contributed by atoms with Crippen LogP contribution in [0.4, 0.5) is 0 Å². The summed E-state index contributed by atoms with van der Waals surface area (Å²) in [5.41, 5.74) is 0.709. The van der Waals surface area contributed by atoms with Gasteiger partial charge in [-0.05, 0) is 17.5 Å². The number of aromatic nitrogens is 1. The highest BCUT2D eigenvalue weighted by Gasteiger charge is 2.19. The number of sulfonamides is 1. The molecule has 0 saturated carbocycles. The third kappa shape index (κ3) is 5.93. The van der Waals surface area contributed by atoms with E-state index < -0.39 is 10.0 Å². The average Bonchev–Trinajstić information content (AvgIpc) is 2.36. The third-order valence-electron chi connectivity index (χ3n) is 2.49. The van der Waals surface area contributed by atoms with Crippen molar-refractivity contribution in [1.29, 1.82) is 0 Å². The van der Waals surface area contributed by atoms with Gasteiger partial charge in [-0.25, -0.2) is 13.1 Å². The van der Waals surface area contributed by atoms with E-state index in [1.807, 2.05) is 32.0 Å². The Kier molecular flexibility index (Phi) is 5.75. The first kappa shape index (κ1) is 15.6. The van der Waals surface area contributed by atoms with Crippen LogP contribution in [0.1, 0.15) is 19.5 Å². The minimum absolute atomic E-state index is 0.0718. The van der Waals surface area contributed by atoms with E-state index in [1.165, 1.54) is 0 Å². The fraction of sp³-hybridized carbons (Fsp3) is 0.583. The molecule has 0 atom stereocenters. The quantitative estimate of drug-likeness (QED) is 0.775. The van der Waals surface area contributed by atoms with Gasteiger partial charge in [-0.3, -0.25) is 4.98 Å². The fourth-order valence-corrected chi connectivity index (χ4v) is 2.64. The van der Waals surface area contributed by atoms with Gasteiger partial charge < -0.3 is 0 Å². The standard InChI is InChI=1S/C12H19BrN2O2S/c1-12(2,9-13)10-15-18(16,17)8-6-11-5-3-4-7-14-11/h3-5,7,15H,6,8-10H2,1-2H3. The molecule has 1 N–H and O–H groups in total. The van der Waals surface area contributed by atoms with Crippen molar-refractivity contribution in [3.05, 3.63) is 30.1 Å². The van der Waals surface area contributed by atoms with Gasteiger partial charge >= 0.3 is 0 Å². The summed E-state index contributed by atoms with van der Waals surface area (Å²) in [6.07, 6.45) is 2.11. The molecule has 18 heavy (non-hydrogen) atoms. The second-order valence-electron chi connectivity index (χ2n) is 5.01. The van der Waals surface area contributed by atoms with E-state index in [1.54, 1.807) is 6.20 Å². The van der Waals surface area contributed by atoms with Gasteiger partial charge in [0.05, 0.1) is 5.75 Å². The third-order valence-corrected chi connectivity index (χ3v) is 5.33. The van der Waals surface area contributed by atoms with Crippen molar-refractivity contribution in [2.75, 3.05) is 17.6 Å². The lowest BCUT2D eigenvalue weighted by atomic mass is 9.98. The van der Waals surface area contributed by atoms with Crippen molar-refractivity contribution in [2.45, 2.75) is 20.3 Å². The molecule has 0 aliphatic rings. The number of aryl methyl sites for hydroxylation is 1. The predicted molar refractivity (Wildman–Crippen MR) is 77.3 cm³/mol. The number of pyridine rings is 1. The van der Waals surface area contributed by atoms with E-state index in [0.717, 1.165) is 11.0 Å². The number of nitrogens with zero attached hydrogens (tertiary/aromatic N) is 1. The van der Waals surface area contributed by atoms with Gasteiger partial charge in [-0.15, -0.1) is 0 Å². The lowest BCUT2D eigenvalue weighted by Gasteiger charge is -2.21. The SMILES string of the molecule is CC(C)(CBr)CNS(=O)(=O)CCc1ccccn1. The summed E-state index contributed by atoms with van der Waals surface area (Å²) in [5.74, 6) is 0.0718. The molecule has 0 aliphatic heterocycles. The summed E-state index contributed by atoms with van der Waals surface area (Å²) in [4.78, 5) is 4.11. The molecule has 1 aromatic rings. The van der Waals surface area contributed by atoms with Crippen LogP contribution in [0.25, 0.3) is 0 Å². The van der Waals surface area contributed by atoms with Crippen LogP contribution in [0, 0.1) is 5.41 Å². The van der Waals surface area contributed by atoms with Gasteiger partial charge in [0.2, 0.25) is 10.0 Å². The minimum atomic E-state index is -3.23. The minimum Gasteiger partial charge on any atom is -0.261 e. The Hall–Kier alpha value is -0.460. The van der Waals surface area contributed by atoms with Crippen LogP contribution in [0.2, 0.25) is 0 Å². The van der Waals surface area contributed by atoms with E-state index in [4.69, 9.17) is 0 Å². The predicted octanol–water partition coefficient (Wildman–Crippen LogP) is 1.96. The highest BCUT2D eigenvalue weighted by molar-refractivity contribution is 9.09. The summed E-state index contributed by atoms with van der Waals surface area (Å²) < 4.78 is 26.3. The lowest BCUT2D eigenvalue weighted by Crippen LogP contribution is -2.36. The molecule has 0 bridgehead atoms. The highest BCUT2D eigenvalue weighted by atomic mass is 79.9. The maximum atomic E-state index is 11.8. The zero-order chi connectivity index (χ0) is 13.6. The molecule has 0 aromatic carbocycles. The van der Waals surface area contributed by atoms with Crippen molar-refractivity contribution in [1.82, 2.24) is 9.71 Å². The number of hydrogen-bond acceptors (Lipinski definition) is 3. The van der Waals surface area contributed by atoms with E-state index in [9.17, 15) is 8.42 Å². The molecule has 0 aliphatic carbocycles. The van der Waals surface area contributed by atoms with Crippen molar-refractivity contribution >= 4 is 26.0 Å². The summed E-state index contributed by atoms with van der Waals surface area (Å²) in [6.45, 7) is 4.44. The molecule has 0 saturated heterocycles. The van der Waals surface area contributed by atoms with Gasteiger partial charge in [0, 0.05) is 30.2 Å². The van der Waals surface area contributed by atoms with Crippen LogP contribution in [0.5, 0.6) is 0 Å². The summed E-state index contributed by atoms with van der Waals surface area (Å²) in [6, 6.07) is 5.50. The van der Waals surface area contributed by atoms with Gasteiger partial charge in [-0.2, -0.15) is 0 Å². The zero-order valence-electron chi connectivity index (χ0n) is 10.7. The smallest absolute Gasteiger partial charge is 0.211 e. The molecule has 1 rings (SSSR count). The molecule has 0 unspecified atom stereocenters. The molecule has 6 heteroatoms. The molecule has 0 amide bonds. The van der Waals surface area contributed by atoms with Crippen LogP contribution >= 0.6 is 15.9 Å². The Labute approximate surface area is 117 Å². The number of rotatable bonds is 7. The lowest BCUT2D eigenvalue weighted by molar-refractivity contribution is 0.420. The Bertz CT molecular complexity index is 460. The van der Waals surface area contributed by atoms with Crippen LogP contribution in [0.3, 0.4) is 0 Å². The first-order chi connectivity index (χ1) is 8.35. The monoisotopic (exact) mass is 334 g/mol. The second-order valence-corrected chi connectivity index (χ2v) is 7.50. The Morgan fingerprint density at radius 3 is 2.67 bits per heavy atom. The zero-order valence-corrected chi connectivity index (χ0v) is 13.1. The van der Waals surface area contributed by atoms with E-state index in [0.29, 0.717) is 13.0 Å². The van der Waals surface area contributed by atoms with Crippen LogP contribution in [-0.4, -0.2) is 31.0 Å². The van der Waals surface area contributed by atoms with E-state index >= 15 is 0 Å². The van der Waals surface area contributed by atoms with Crippen molar-refractivity contribution < 1.29 is 8.42 Å². The fourth-order valence-electron chi connectivity index (χ4n) is 1.21. The van der Waals surface area contributed by atoms with Crippen LogP contribution in [0.15, 0.2) is 24.4 Å². The maximum Gasteiger partial charge on any atom is 0.211 e. The van der Waals surface area contributed by atoms with Gasteiger partial charge in [0.25, 0.3) is 0 Å². The molecular weight excluding hydrogens is 316 g/mol. The van der Waals surface area contributed by atoms with Crippen molar-refractivity contribution in [2.24, 2.45) is 5.41 Å². The first-order valence-electron chi connectivity index (χ1n) is 5.78. The van der Waals surface area contributed by atoms with E-state index in [-0.39, 0.29) is 11.2 Å². The van der Waals surface area contributed by atoms with Crippen molar-refractivity contribution in [3.63, 3.8) is 0 Å². The molecule has 0 spiro atoms. The highest BCUT2D eigenvalue weighted by Crippen LogP contribution is 2.16. The molecule has 4 nitrogen and oxygen atoms in total. The number of alkyl halides is 1. The van der Waals surface area contributed by atoms with Crippen LogP contribution in [-0.2, 0) is 16.4 Å². The number of halogens is 1. The molecule has 102 valence electrons. The average molecular weight is 335 g/mol. The normalized spacial score (nSPS) is 12.6. The van der Waals surface area contributed by atoms with Gasteiger partial charge in [0.15, 0.2) is 0 Å². The number of nitrogens with one attached hydrogen (secondary N) is 1. The molecule has 1 heterocycles. The Morgan fingerprint density at radius 2 is 2.11 bits per heavy atom. The Morgan fingerprint density at radius 1 is 1.39 bits per heavy atom. The molecule has 0 fully saturated rings. The van der Waals surface area contributed by atoms with Crippen LogP contribution < -0.4 is 4.72 Å². The van der Waals surface area contributed by atoms with E-state index in [2.05, 4.69) is 25.6 Å². The van der Waals surface area contributed by atoms with Crippen molar-refractivity contribution in [3.8, 4) is 0 Å². The molecule has 0 radical (unpaired) electrons. The molecular formula is C12H19BrN2O2S. The number of hydrogen-bond donors (Lipinski definition) is 1.